The van der Waals surface area contributed by atoms with Gasteiger partial charge in [0, 0.05) is 23.1 Å². The van der Waals surface area contributed by atoms with Gasteiger partial charge in [-0.3, -0.25) is 4.79 Å². The lowest BCUT2D eigenvalue weighted by molar-refractivity contribution is -0.116. The summed E-state index contributed by atoms with van der Waals surface area (Å²) in [7, 11) is 0. The van der Waals surface area contributed by atoms with Gasteiger partial charge >= 0.3 is 0 Å². The van der Waals surface area contributed by atoms with E-state index >= 15 is 0 Å². The summed E-state index contributed by atoms with van der Waals surface area (Å²) in [6, 6.07) is 7.39. The zero-order chi connectivity index (χ0) is 13.6. The average molecular weight is 264 g/mol. The zero-order valence-electron chi connectivity index (χ0n) is 11.1. The van der Waals surface area contributed by atoms with Crippen LogP contribution in [0.5, 0.6) is 0 Å². The van der Waals surface area contributed by atoms with Crippen LogP contribution in [0.25, 0.3) is 6.08 Å². The molecular formula is C14H20N2OS. The molecule has 0 radical (unpaired) electrons. The first-order chi connectivity index (χ1) is 8.43. The molecule has 0 aliphatic heterocycles. The molecule has 0 aliphatic carbocycles. The standard InChI is InChI=1S/C14H20N2OS/c1-14(2,18-3)10-16-13(17)9-6-11-4-7-12(15)8-5-11/h4-9H,10,15H2,1-3H3,(H,16,17)/b9-6+. The molecular weight excluding hydrogens is 244 g/mol. The number of carbonyl (C=O) groups excluding carboxylic acids is 1. The predicted octanol–water partition coefficient (Wildman–Crippen LogP) is 2.54. The molecule has 0 heterocycles. The summed E-state index contributed by atoms with van der Waals surface area (Å²) >= 11 is 1.73. The topological polar surface area (TPSA) is 55.1 Å². The van der Waals surface area contributed by atoms with E-state index in [-0.39, 0.29) is 10.7 Å². The van der Waals surface area contributed by atoms with Crippen molar-refractivity contribution < 1.29 is 4.79 Å². The van der Waals surface area contributed by atoms with Gasteiger partial charge in [0.15, 0.2) is 0 Å². The summed E-state index contributed by atoms with van der Waals surface area (Å²) < 4.78 is 0.0602. The molecule has 98 valence electrons. The molecule has 0 saturated heterocycles. The van der Waals surface area contributed by atoms with Crippen LogP contribution in [0.1, 0.15) is 19.4 Å². The first kappa shape index (κ1) is 14.6. The Labute approximate surface area is 113 Å². The molecule has 0 fully saturated rings. The molecule has 3 nitrogen and oxygen atoms in total. The van der Waals surface area contributed by atoms with Crippen LogP contribution in [0.3, 0.4) is 0 Å². The molecule has 0 aromatic heterocycles. The van der Waals surface area contributed by atoms with E-state index in [0.29, 0.717) is 6.54 Å². The number of anilines is 1. The minimum absolute atomic E-state index is 0.0602. The second-order valence-electron chi connectivity index (χ2n) is 4.68. The van der Waals surface area contributed by atoms with E-state index in [1.165, 1.54) is 0 Å². The smallest absolute Gasteiger partial charge is 0.244 e. The van der Waals surface area contributed by atoms with Crippen molar-refractivity contribution in [1.29, 1.82) is 0 Å². The highest BCUT2D eigenvalue weighted by atomic mass is 32.2. The predicted molar refractivity (Wildman–Crippen MR) is 80.5 cm³/mol. The number of thioether (sulfide) groups is 1. The van der Waals surface area contributed by atoms with Gasteiger partial charge in [0.2, 0.25) is 5.91 Å². The van der Waals surface area contributed by atoms with E-state index < -0.39 is 0 Å². The first-order valence-electron chi connectivity index (χ1n) is 5.79. The normalized spacial score (nSPS) is 11.7. The Balaban J connectivity index is 2.47. The van der Waals surface area contributed by atoms with Gasteiger partial charge in [-0.25, -0.2) is 0 Å². The maximum absolute atomic E-state index is 11.6. The van der Waals surface area contributed by atoms with E-state index in [1.54, 1.807) is 23.9 Å². The van der Waals surface area contributed by atoms with E-state index in [4.69, 9.17) is 5.73 Å². The second-order valence-corrected chi connectivity index (χ2v) is 6.20. The van der Waals surface area contributed by atoms with Crippen molar-refractivity contribution in [2.24, 2.45) is 0 Å². The Bertz CT molecular complexity index is 424. The van der Waals surface area contributed by atoms with E-state index in [2.05, 4.69) is 19.2 Å². The summed E-state index contributed by atoms with van der Waals surface area (Å²) in [5, 5.41) is 2.88. The molecule has 0 atom stereocenters. The van der Waals surface area contributed by atoms with Crippen LogP contribution in [0.15, 0.2) is 30.3 Å². The monoisotopic (exact) mass is 264 g/mol. The number of benzene rings is 1. The van der Waals surface area contributed by atoms with Crippen molar-refractivity contribution in [1.82, 2.24) is 5.32 Å². The fraction of sp³-hybridized carbons (Fsp3) is 0.357. The maximum Gasteiger partial charge on any atom is 0.244 e. The maximum atomic E-state index is 11.6. The molecule has 0 aliphatic rings. The van der Waals surface area contributed by atoms with E-state index in [9.17, 15) is 4.79 Å². The minimum atomic E-state index is -0.0750. The van der Waals surface area contributed by atoms with Crippen LogP contribution >= 0.6 is 11.8 Å². The SMILES string of the molecule is CSC(C)(C)CNC(=O)/C=C/c1ccc(N)cc1. The van der Waals surface area contributed by atoms with Gasteiger partial charge in [0.05, 0.1) is 0 Å². The Kier molecular flexibility index (Phi) is 5.28. The van der Waals surface area contributed by atoms with E-state index in [1.807, 2.05) is 30.5 Å². The summed E-state index contributed by atoms with van der Waals surface area (Å²) in [4.78, 5) is 11.6. The Hall–Kier alpha value is -1.42. The lowest BCUT2D eigenvalue weighted by Gasteiger charge is -2.21. The molecule has 1 amide bonds. The number of nitrogen functional groups attached to an aromatic ring is 1. The average Bonchev–Trinajstić information content (AvgIpc) is 2.36. The number of nitrogens with one attached hydrogen (secondary N) is 1. The fourth-order valence-corrected chi connectivity index (χ4v) is 1.43. The van der Waals surface area contributed by atoms with Gasteiger partial charge in [-0.15, -0.1) is 0 Å². The van der Waals surface area contributed by atoms with E-state index in [0.717, 1.165) is 11.3 Å². The summed E-state index contributed by atoms with van der Waals surface area (Å²) in [6.07, 6.45) is 5.36. The van der Waals surface area contributed by atoms with Gasteiger partial charge in [0.25, 0.3) is 0 Å². The van der Waals surface area contributed by atoms with Gasteiger partial charge in [0.1, 0.15) is 0 Å². The van der Waals surface area contributed by atoms with Crippen LogP contribution in [0.4, 0.5) is 5.69 Å². The molecule has 0 unspecified atom stereocenters. The third kappa shape index (κ3) is 5.27. The Morgan fingerprint density at radius 3 is 2.56 bits per heavy atom. The van der Waals surface area contributed by atoms with Crippen molar-refractivity contribution >= 4 is 29.4 Å². The van der Waals surface area contributed by atoms with Crippen molar-refractivity contribution in [2.45, 2.75) is 18.6 Å². The fourth-order valence-electron chi connectivity index (χ4n) is 1.21. The molecule has 18 heavy (non-hydrogen) atoms. The number of amides is 1. The molecule has 3 N–H and O–H groups in total. The molecule has 1 rings (SSSR count). The third-order valence-corrected chi connectivity index (χ3v) is 3.85. The molecule has 1 aromatic rings. The highest BCUT2D eigenvalue weighted by Gasteiger charge is 2.15. The summed E-state index contributed by atoms with van der Waals surface area (Å²) in [6.45, 7) is 4.85. The van der Waals surface area contributed by atoms with Crippen molar-refractivity contribution in [3.8, 4) is 0 Å². The summed E-state index contributed by atoms with van der Waals surface area (Å²) in [5.41, 5.74) is 7.27. The molecule has 4 heteroatoms. The lowest BCUT2D eigenvalue weighted by atomic mass is 10.2. The molecule has 1 aromatic carbocycles. The number of nitrogens with two attached hydrogens (primary N) is 1. The minimum Gasteiger partial charge on any atom is -0.399 e. The van der Waals surface area contributed by atoms with Crippen LogP contribution in [-0.2, 0) is 4.79 Å². The summed E-state index contributed by atoms with van der Waals surface area (Å²) in [5.74, 6) is -0.0750. The zero-order valence-corrected chi connectivity index (χ0v) is 11.9. The van der Waals surface area contributed by atoms with Crippen molar-refractivity contribution in [3.05, 3.63) is 35.9 Å². The number of hydrogen-bond acceptors (Lipinski definition) is 3. The first-order valence-corrected chi connectivity index (χ1v) is 7.02. The highest BCUT2D eigenvalue weighted by molar-refractivity contribution is 7.99. The number of rotatable bonds is 5. The van der Waals surface area contributed by atoms with Gasteiger partial charge < -0.3 is 11.1 Å². The van der Waals surface area contributed by atoms with Gasteiger partial charge in [-0.1, -0.05) is 12.1 Å². The van der Waals surface area contributed by atoms with Gasteiger partial charge in [-0.2, -0.15) is 11.8 Å². The van der Waals surface area contributed by atoms with Crippen LogP contribution in [0, 0.1) is 0 Å². The van der Waals surface area contributed by atoms with Crippen LogP contribution < -0.4 is 11.1 Å². The lowest BCUT2D eigenvalue weighted by Crippen LogP contribution is -2.35. The second kappa shape index (κ2) is 6.50. The third-order valence-electron chi connectivity index (χ3n) is 2.60. The van der Waals surface area contributed by atoms with Crippen LogP contribution in [-0.4, -0.2) is 23.5 Å². The Morgan fingerprint density at radius 2 is 2.00 bits per heavy atom. The van der Waals surface area contributed by atoms with Gasteiger partial charge in [-0.05, 0) is 43.9 Å². The highest BCUT2D eigenvalue weighted by Crippen LogP contribution is 2.19. The van der Waals surface area contributed by atoms with Crippen molar-refractivity contribution in [3.63, 3.8) is 0 Å². The van der Waals surface area contributed by atoms with Crippen LogP contribution in [0.2, 0.25) is 0 Å². The quantitative estimate of drug-likeness (QED) is 0.635. The molecule has 0 bridgehead atoms. The largest absolute Gasteiger partial charge is 0.399 e. The van der Waals surface area contributed by atoms with Crippen molar-refractivity contribution in [2.75, 3.05) is 18.5 Å². The number of hydrogen-bond donors (Lipinski definition) is 2. The Morgan fingerprint density at radius 1 is 1.39 bits per heavy atom. The molecule has 0 saturated carbocycles. The number of carbonyl (C=O) groups is 1. The molecule has 0 spiro atoms.